The summed E-state index contributed by atoms with van der Waals surface area (Å²) in [4.78, 5) is 27.7. The minimum Gasteiger partial charge on any atom is -0.493 e. The SMILES string of the molecule is CCOc1cc(C(C)N(CCOC(C)c2ccccc2)C(=O)NC2(C(=O)O)CC(OC)C2)c(Cl)c(OCC)c1C1CC1. The molecule has 2 aliphatic rings. The van der Waals surface area contributed by atoms with Crippen molar-refractivity contribution in [1.29, 1.82) is 0 Å². The van der Waals surface area contributed by atoms with Gasteiger partial charge in [0.05, 0.1) is 43.1 Å². The third-order valence-corrected chi connectivity index (χ3v) is 8.60. The van der Waals surface area contributed by atoms with Crippen molar-refractivity contribution in [1.82, 2.24) is 10.2 Å². The number of nitrogens with one attached hydrogen (secondary N) is 1. The van der Waals surface area contributed by atoms with Crippen LogP contribution < -0.4 is 14.8 Å². The van der Waals surface area contributed by atoms with Crippen LogP contribution in [0.15, 0.2) is 36.4 Å². The number of rotatable bonds is 15. The van der Waals surface area contributed by atoms with Gasteiger partial charge in [-0.05, 0) is 58.1 Å². The average molecular weight is 603 g/mol. The van der Waals surface area contributed by atoms with Crippen molar-refractivity contribution in [2.24, 2.45) is 0 Å². The van der Waals surface area contributed by atoms with Gasteiger partial charge in [0, 0.05) is 37.6 Å². The molecule has 2 aromatic rings. The second kappa shape index (κ2) is 14.0. The minimum absolute atomic E-state index is 0.189. The van der Waals surface area contributed by atoms with Crippen LogP contribution in [-0.4, -0.2) is 67.1 Å². The molecule has 2 amide bonds. The number of carbonyl (C=O) groups excluding carboxylic acids is 1. The molecular formula is C32H43ClN2O7. The van der Waals surface area contributed by atoms with E-state index in [9.17, 15) is 14.7 Å². The van der Waals surface area contributed by atoms with Crippen LogP contribution in [0.4, 0.5) is 4.79 Å². The van der Waals surface area contributed by atoms with Gasteiger partial charge in [0.2, 0.25) is 0 Å². The van der Waals surface area contributed by atoms with Crippen LogP contribution in [0, 0.1) is 0 Å². The maximum absolute atomic E-state index is 13.9. The Labute approximate surface area is 253 Å². The molecule has 0 saturated heterocycles. The van der Waals surface area contributed by atoms with Crippen molar-refractivity contribution in [3.63, 3.8) is 0 Å². The summed E-state index contributed by atoms with van der Waals surface area (Å²) in [5, 5.41) is 13.2. The van der Waals surface area contributed by atoms with Gasteiger partial charge in [-0.1, -0.05) is 41.9 Å². The molecule has 0 aliphatic heterocycles. The zero-order valence-corrected chi connectivity index (χ0v) is 25.9. The first-order chi connectivity index (χ1) is 20.2. The molecule has 2 N–H and O–H groups in total. The van der Waals surface area contributed by atoms with E-state index in [4.69, 9.17) is 30.5 Å². The Morgan fingerprint density at radius 3 is 2.36 bits per heavy atom. The highest BCUT2D eigenvalue weighted by Gasteiger charge is 2.53. The first kappa shape index (κ1) is 31.9. The molecule has 4 rings (SSSR count). The van der Waals surface area contributed by atoms with Crippen molar-refractivity contribution >= 4 is 23.6 Å². The third-order valence-electron chi connectivity index (χ3n) is 8.21. The molecule has 0 bridgehead atoms. The smallest absolute Gasteiger partial charge is 0.329 e. The molecule has 2 fully saturated rings. The van der Waals surface area contributed by atoms with Gasteiger partial charge in [0.25, 0.3) is 0 Å². The fourth-order valence-corrected chi connectivity index (χ4v) is 5.91. The number of amides is 2. The second-order valence-electron chi connectivity index (χ2n) is 11.0. The molecule has 2 aliphatic carbocycles. The Kier molecular flexibility index (Phi) is 10.6. The highest BCUT2D eigenvalue weighted by Crippen LogP contribution is 2.53. The lowest BCUT2D eigenvalue weighted by Crippen LogP contribution is -2.66. The number of hydrogen-bond donors (Lipinski definition) is 2. The topological polar surface area (TPSA) is 107 Å². The molecule has 42 heavy (non-hydrogen) atoms. The van der Waals surface area contributed by atoms with Crippen molar-refractivity contribution < 1.29 is 33.6 Å². The number of aliphatic carboxylic acids is 1. The number of nitrogens with zero attached hydrogens (tertiary/aromatic N) is 1. The summed E-state index contributed by atoms with van der Waals surface area (Å²) in [6.45, 7) is 8.99. The van der Waals surface area contributed by atoms with Gasteiger partial charge in [-0.2, -0.15) is 0 Å². The molecule has 0 aromatic heterocycles. The van der Waals surface area contributed by atoms with Crippen LogP contribution in [0.2, 0.25) is 5.02 Å². The summed E-state index contributed by atoms with van der Waals surface area (Å²) in [5.74, 6) is 0.528. The summed E-state index contributed by atoms with van der Waals surface area (Å²) in [6, 6.07) is 10.7. The van der Waals surface area contributed by atoms with Crippen molar-refractivity contribution in [3.8, 4) is 11.5 Å². The first-order valence-electron chi connectivity index (χ1n) is 14.8. The summed E-state index contributed by atoms with van der Waals surface area (Å²) in [7, 11) is 1.54. The summed E-state index contributed by atoms with van der Waals surface area (Å²) in [5.41, 5.74) is 1.25. The molecule has 0 heterocycles. The number of carboxylic acids is 1. The van der Waals surface area contributed by atoms with E-state index in [1.165, 1.54) is 7.11 Å². The summed E-state index contributed by atoms with van der Waals surface area (Å²) in [6.07, 6.45) is 2.03. The predicted molar refractivity (Wildman–Crippen MR) is 161 cm³/mol. The van der Waals surface area contributed by atoms with E-state index >= 15 is 0 Å². The van der Waals surface area contributed by atoms with Gasteiger partial charge >= 0.3 is 12.0 Å². The number of benzene rings is 2. The van der Waals surface area contributed by atoms with Crippen LogP contribution in [0.1, 0.15) is 88.1 Å². The average Bonchev–Trinajstić information content (AvgIpc) is 3.79. The van der Waals surface area contributed by atoms with E-state index in [1.54, 1.807) is 4.90 Å². The quantitative estimate of drug-likeness (QED) is 0.240. The number of halogens is 1. The number of carbonyl (C=O) groups is 2. The Morgan fingerprint density at radius 2 is 1.79 bits per heavy atom. The highest BCUT2D eigenvalue weighted by atomic mass is 35.5. The molecule has 0 radical (unpaired) electrons. The van der Waals surface area contributed by atoms with Gasteiger partial charge < -0.3 is 34.3 Å². The van der Waals surface area contributed by atoms with Crippen LogP contribution in [0.25, 0.3) is 0 Å². The van der Waals surface area contributed by atoms with E-state index in [1.807, 2.05) is 64.1 Å². The number of hydrogen-bond acceptors (Lipinski definition) is 6. The van der Waals surface area contributed by atoms with E-state index in [-0.39, 0.29) is 38.2 Å². The number of carboxylic acid groups (broad SMARTS) is 1. The van der Waals surface area contributed by atoms with Crippen molar-refractivity contribution in [3.05, 3.63) is 58.1 Å². The molecule has 2 saturated carbocycles. The van der Waals surface area contributed by atoms with E-state index in [0.29, 0.717) is 41.2 Å². The maximum atomic E-state index is 13.9. The summed E-state index contributed by atoms with van der Waals surface area (Å²) < 4.78 is 23.6. The first-order valence-corrected chi connectivity index (χ1v) is 15.2. The largest absolute Gasteiger partial charge is 0.493 e. The van der Waals surface area contributed by atoms with Gasteiger partial charge in [-0.15, -0.1) is 0 Å². The molecule has 2 aromatic carbocycles. The molecule has 10 heteroatoms. The van der Waals surface area contributed by atoms with Crippen LogP contribution in [0.5, 0.6) is 11.5 Å². The number of methoxy groups -OCH3 is 1. The minimum atomic E-state index is -1.40. The Balaban J connectivity index is 1.64. The molecule has 2 unspecified atom stereocenters. The lowest BCUT2D eigenvalue weighted by Gasteiger charge is -2.45. The molecule has 9 nitrogen and oxygen atoms in total. The third kappa shape index (κ3) is 6.96. The fourth-order valence-electron chi connectivity index (χ4n) is 5.54. The Bertz CT molecular complexity index is 1230. The van der Waals surface area contributed by atoms with E-state index in [2.05, 4.69) is 5.32 Å². The fraction of sp³-hybridized carbons (Fsp3) is 0.562. The van der Waals surface area contributed by atoms with Crippen LogP contribution in [0.3, 0.4) is 0 Å². The van der Waals surface area contributed by atoms with Gasteiger partial charge in [0.15, 0.2) is 0 Å². The molecular weight excluding hydrogens is 560 g/mol. The summed E-state index contributed by atoms with van der Waals surface area (Å²) >= 11 is 7.02. The lowest BCUT2D eigenvalue weighted by molar-refractivity contribution is -0.155. The van der Waals surface area contributed by atoms with E-state index in [0.717, 1.165) is 24.0 Å². The van der Waals surface area contributed by atoms with Crippen molar-refractivity contribution in [2.45, 2.75) is 83.1 Å². The van der Waals surface area contributed by atoms with E-state index < -0.39 is 23.6 Å². The second-order valence-corrected chi connectivity index (χ2v) is 11.4. The monoisotopic (exact) mass is 602 g/mol. The molecule has 2 atom stereocenters. The number of ether oxygens (including phenoxy) is 4. The Morgan fingerprint density at radius 1 is 1.12 bits per heavy atom. The normalized spacial score (nSPS) is 21.1. The zero-order chi connectivity index (χ0) is 30.4. The van der Waals surface area contributed by atoms with Gasteiger partial charge in [0.1, 0.15) is 17.0 Å². The predicted octanol–water partition coefficient (Wildman–Crippen LogP) is 6.50. The van der Waals surface area contributed by atoms with Gasteiger partial charge in [-0.25, -0.2) is 9.59 Å². The molecule has 230 valence electrons. The van der Waals surface area contributed by atoms with Gasteiger partial charge in [-0.3, -0.25) is 0 Å². The molecule has 0 spiro atoms. The zero-order valence-electron chi connectivity index (χ0n) is 25.2. The van der Waals surface area contributed by atoms with Crippen molar-refractivity contribution in [2.75, 3.05) is 33.5 Å². The lowest BCUT2D eigenvalue weighted by atomic mass is 9.74. The maximum Gasteiger partial charge on any atom is 0.329 e. The number of urea groups is 1. The highest BCUT2D eigenvalue weighted by molar-refractivity contribution is 6.33. The Hall–Kier alpha value is -3.01. The van der Waals surface area contributed by atoms with Crippen LogP contribution in [-0.2, 0) is 14.3 Å². The van der Waals surface area contributed by atoms with Crippen LogP contribution >= 0.6 is 11.6 Å². The standard InChI is InChI=1S/C32H43ClN2O7/c1-6-40-26-17-25(28(33)29(41-7-2)27(26)23-13-14-23)20(3)35(15-16-42-21(4)22-11-9-8-10-12-22)31(38)34-32(30(36)37)18-24(19-32)39-5/h8-12,17,20-21,23-24H,6-7,13-16,18-19H2,1-5H3,(H,34,38)(H,36,37).